The van der Waals surface area contributed by atoms with Gasteiger partial charge < -0.3 is 9.73 Å². The van der Waals surface area contributed by atoms with E-state index in [1.807, 2.05) is 0 Å². The molecule has 0 bridgehead atoms. The van der Waals surface area contributed by atoms with Crippen molar-refractivity contribution < 1.29 is 14.1 Å². The number of pyridine rings is 1. The van der Waals surface area contributed by atoms with Crippen molar-refractivity contribution in [3.63, 3.8) is 0 Å². The van der Waals surface area contributed by atoms with Crippen LogP contribution in [0.4, 0.5) is 11.4 Å². The second-order valence-electron chi connectivity index (χ2n) is 4.82. The van der Waals surface area contributed by atoms with Crippen LogP contribution in [0.25, 0.3) is 11.3 Å². The molecular weight excluding hydrogens is 378 g/mol. The smallest absolute Gasteiger partial charge is 0.291 e. The van der Waals surface area contributed by atoms with E-state index in [9.17, 15) is 14.9 Å². The highest BCUT2D eigenvalue weighted by molar-refractivity contribution is 9.10. The van der Waals surface area contributed by atoms with Gasteiger partial charge in [-0.1, -0.05) is 12.1 Å². The Labute approximate surface area is 144 Å². The molecule has 0 radical (unpaired) electrons. The van der Waals surface area contributed by atoms with Crippen molar-refractivity contribution >= 4 is 33.2 Å². The number of nitro benzene ring substituents is 1. The average molecular weight is 388 g/mol. The summed E-state index contributed by atoms with van der Waals surface area (Å²) in [6.45, 7) is 0. The summed E-state index contributed by atoms with van der Waals surface area (Å²) in [4.78, 5) is 26.5. The first kappa shape index (κ1) is 15.9. The maximum Gasteiger partial charge on any atom is 0.291 e. The molecular formula is C16H10BrN3O4. The number of nitro groups is 1. The van der Waals surface area contributed by atoms with Crippen molar-refractivity contribution in [3.05, 3.63) is 75.2 Å². The molecule has 8 heteroatoms. The minimum Gasteiger partial charge on any atom is -0.451 e. The minimum absolute atomic E-state index is 0.0462. The number of carbonyl (C=O) groups is 1. The lowest BCUT2D eigenvalue weighted by Crippen LogP contribution is -2.10. The molecule has 3 aromatic rings. The fraction of sp³-hybridized carbons (Fsp3) is 0. The number of anilines is 1. The van der Waals surface area contributed by atoms with Crippen LogP contribution in [-0.4, -0.2) is 15.8 Å². The maximum atomic E-state index is 12.2. The molecule has 0 aliphatic rings. The van der Waals surface area contributed by atoms with Crippen LogP contribution in [0.1, 0.15) is 10.6 Å². The number of non-ortho nitro benzene ring substituents is 1. The Kier molecular flexibility index (Phi) is 4.39. The fourth-order valence-electron chi connectivity index (χ4n) is 2.06. The molecule has 1 N–H and O–H groups in total. The Morgan fingerprint density at radius 1 is 1.21 bits per heavy atom. The highest BCUT2D eigenvalue weighted by Crippen LogP contribution is 2.26. The van der Waals surface area contributed by atoms with Gasteiger partial charge in [-0.2, -0.15) is 0 Å². The maximum absolute atomic E-state index is 12.2. The molecule has 0 atom stereocenters. The molecule has 0 aliphatic carbocycles. The topological polar surface area (TPSA) is 98.3 Å². The molecule has 0 fully saturated rings. The average Bonchev–Trinajstić information content (AvgIpc) is 3.05. The van der Waals surface area contributed by atoms with E-state index in [2.05, 4.69) is 26.2 Å². The lowest BCUT2D eigenvalue weighted by atomic mass is 10.1. The first-order valence-electron chi connectivity index (χ1n) is 6.79. The van der Waals surface area contributed by atoms with Gasteiger partial charge in [-0.05, 0) is 34.1 Å². The van der Waals surface area contributed by atoms with E-state index in [-0.39, 0.29) is 11.4 Å². The van der Waals surface area contributed by atoms with Gasteiger partial charge in [0.1, 0.15) is 5.76 Å². The van der Waals surface area contributed by atoms with Crippen molar-refractivity contribution in [2.75, 3.05) is 5.32 Å². The SMILES string of the molecule is O=C(Nc1cncc(Br)c1)c1ccc(-c2cccc([N+](=O)[O-])c2)o1. The number of benzene rings is 1. The summed E-state index contributed by atoms with van der Waals surface area (Å²) >= 11 is 3.27. The fourth-order valence-corrected chi connectivity index (χ4v) is 2.43. The third-order valence-corrected chi connectivity index (χ3v) is 3.57. The van der Waals surface area contributed by atoms with Gasteiger partial charge in [0.05, 0.1) is 16.8 Å². The minimum atomic E-state index is -0.486. The number of carbonyl (C=O) groups excluding carboxylic acids is 1. The molecule has 0 saturated heterocycles. The first-order valence-corrected chi connectivity index (χ1v) is 7.59. The van der Waals surface area contributed by atoms with Crippen LogP contribution in [0.2, 0.25) is 0 Å². The van der Waals surface area contributed by atoms with Gasteiger partial charge in [0.15, 0.2) is 5.76 Å². The van der Waals surface area contributed by atoms with E-state index in [4.69, 9.17) is 4.42 Å². The van der Waals surface area contributed by atoms with E-state index in [1.165, 1.54) is 24.4 Å². The van der Waals surface area contributed by atoms with Gasteiger partial charge >= 0.3 is 0 Å². The van der Waals surface area contributed by atoms with Crippen molar-refractivity contribution in [2.24, 2.45) is 0 Å². The summed E-state index contributed by atoms with van der Waals surface area (Å²) in [7, 11) is 0. The molecule has 0 saturated carbocycles. The molecule has 2 heterocycles. The first-order chi connectivity index (χ1) is 11.5. The molecule has 0 spiro atoms. The number of hydrogen-bond acceptors (Lipinski definition) is 5. The Bertz CT molecular complexity index is 923. The summed E-state index contributed by atoms with van der Waals surface area (Å²) in [5, 5.41) is 13.5. The second kappa shape index (κ2) is 6.63. The molecule has 3 rings (SSSR count). The van der Waals surface area contributed by atoms with E-state index in [0.717, 1.165) is 4.47 Å². The number of nitrogens with zero attached hydrogens (tertiary/aromatic N) is 2. The lowest BCUT2D eigenvalue weighted by molar-refractivity contribution is -0.384. The molecule has 0 unspecified atom stereocenters. The zero-order valence-corrected chi connectivity index (χ0v) is 13.7. The highest BCUT2D eigenvalue weighted by atomic mass is 79.9. The summed E-state index contributed by atoms with van der Waals surface area (Å²) < 4.78 is 6.24. The highest BCUT2D eigenvalue weighted by Gasteiger charge is 2.14. The Morgan fingerprint density at radius 2 is 2.04 bits per heavy atom. The molecule has 7 nitrogen and oxygen atoms in total. The number of aromatic nitrogens is 1. The van der Waals surface area contributed by atoms with Gasteiger partial charge in [-0.25, -0.2) is 0 Å². The number of furan rings is 1. The lowest BCUT2D eigenvalue weighted by Gasteiger charge is -2.03. The molecule has 24 heavy (non-hydrogen) atoms. The van der Waals surface area contributed by atoms with E-state index in [1.54, 1.807) is 30.5 Å². The van der Waals surface area contributed by atoms with Crippen LogP contribution in [0, 0.1) is 10.1 Å². The van der Waals surface area contributed by atoms with E-state index < -0.39 is 10.8 Å². The quantitative estimate of drug-likeness (QED) is 0.532. The summed E-state index contributed by atoms with van der Waals surface area (Å²) in [5.74, 6) is 0.0271. The molecule has 120 valence electrons. The normalized spacial score (nSPS) is 10.4. The Morgan fingerprint density at radius 3 is 2.79 bits per heavy atom. The van der Waals surface area contributed by atoms with Gasteiger partial charge in [0.25, 0.3) is 11.6 Å². The van der Waals surface area contributed by atoms with Gasteiger partial charge in [0.2, 0.25) is 0 Å². The van der Waals surface area contributed by atoms with Gasteiger partial charge in [0, 0.05) is 28.4 Å². The number of hydrogen-bond donors (Lipinski definition) is 1. The van der Waals surface area contributed by atoms with Crippen LogP contribution < -0.4 is 5.32 Å². The summed E-state index contributed by atoms with van der Waals surface area (Å²) in [6.07, 6.45) is 3.11. The number of rotatable bonds is 4. The van der Waals surface area contributed by atoms with Crippen LogP contribution in [0.15, 0.2) is 63.7 Å². The Balaban J connectivity index is 1.81. The van der Waals surface area contributed by atoms with E-state index >= 15 is 0 Å². The van der Waals surface area contributed by atoms with Crippen molar-refractivity contribution in [1.82, 2.24) is 4.98 Å². The van der Waals surface area contributed by atoms with Gasteiger partial charge in [-0.3, -0.25) is 19.9 Å². The van der Waals surface area contributed by atoms with Crippen LogP contribution in [-0.2, 0) is 0 Å². The zero-order chi connectivity index (χ0) is 17.1. The van der Waals surface area contributed by atoms with Crippen molar-refractivity contribution in [3.8, 4) is 11.3 Å². The zero-order valence-electron chi connectivity index (χ0n) is 12.1. The molecule has 2 aromatic heterocycles. The van der Waals surface area contributed by atoms with Crippen molar-refractivity contribution in [2.45, 2.75) is 0 Å². The van der Waals surface area contributed by atoms with Crippen LogP contribution in [0.3, 0.4) is 0 Å². The number of nitrogens with one attached hydrogen (secondary N) is 1. The monoisotopic (exact) mass is 387 g/mol. The third kappa shape index (κ3) is 3.49. The molecule has 0 aliphatic heterocycles. The second-order valence-corrected chi connectivity index (χ2v) is 5.73. The molecule has 1 aromatic carbocycles. The summed E-state index contributed by atoms with van der Waals surface area (Å²) in [6, 6.07) is 10.8. The number of amides is 1. The largest absolute Gasteiger partial charge is 0.451 e. The third-order valence-electron chi connectivity index (χ3n) is 3.13. The van der Waals surface area contributed by atoms with Crippen LogP contribution in [0.5, 0.6) is 0 Å². The summed E-state index contributed by atoms with van der Waals surface area (Å²) in [5.41, 5.74) is 0.991. The van der Waals surface area contributed by atoms with Crippen molar-refractivity contribution in [1.29, 1.82) is 0 Å². The number of halogens is 1. The Hall–Kier alpha value is -3.00. The molecule has 1 amide bonds. The van der Waals surface area contributed by atoms with Gasteiger partial charge in [-0.15, -0.1) is 0 Å². The standard InChI is InChI=1S/C16H10BrN3O4/c17-11-7-12(9-18-8-11)19-16(21)15-5-4-14(24-15)10-2-1-3-13(6-10)20(22)23/h1-9H,(H,19,21). The predicted octanol–water partition coefficient (Wildman–Crippen LogP) is 4.26. The van der Waals surface area contributed by atoms with E-state index in [0.29, 0.717) is 17.0 Å². The van der Waals surface area contributed by atoms with Crippen LogP contribution >= 0.6 is 15.9 Å². The predicted molar refractivity (Wildman–Crippen MR) is 90.7 cm³/mol.